The Morgan fingerprint density at radius 1 is 1.33 bits per heavy atom. The van der Waals surface area contributed by atoms with Gasteiger partial charge in [0.25, 0.3) is 0 Å². The predicted molar refractivity (Wildman–Crippen MR) is 82.2 cm³/mol. The normalized spacial score (nSPS) is 18.4. The van der Waals surface area contributed by atoms with Crippen LogP contribution in [0.4, 0.5) is 11.4 Å². The first-order valence-corrected chi connectivity index (χ1v) is 7.79. The van der Waals surface area contributed by atoms with Crippen molar-refractivity contribution < 1.29 is 0 Å². The summed E-state index contributed by atoms with van der Waals surface area (Å²) in [6, 6.07) is 8.60. The molecule has 0 fully saturated rings. The maximum Gasteiger partial charge on any atom is 0.0525 e. The molecule has 1 unspecified atom stereocenters. The first-order valence-electron chi connectivity index (χ1n) is 6.12. The van der Waals surface area contributed by atoms with Gasteiger partial charge in [0.2, 0.25) is 0 Å². The highest BCUT2D eigenvalue weighted by atomic mass is 79.9. The highest BCUT2D eigenvalue weighted by molar-refractivity contribution is 9.10. The SMILES string of the molecule is Nc1ccc(NC2CCCc3sccc32)c(Br)c1. The quantitative estimate of drug-likeness (QED) is 0.794. The molecule has 1 aliphatic carbocycles. The van der Waals surface area contributed by atoms with Crippen molar-refractivity contribution in [2.24, 2.45) is 0 Å². The Bertz CT molecular complexity index is 565. The van der Waals surface area contributed by atoms with Crippen LogP contribution in [0.15, 0.2) is 34.1 Å². The van der Waals surface area contributed by atoms with Gasteiger partial charge in [0.1, 0.15) is 0 Å². The van der Waals surface area contributed by atoms with Gasteiger partial charge < -0.3 is 11.1 Å². The van der Waals surface area contributed by atoms with Crippen LogP contribution in [0.1, 0.15) is 29.3 Å². The van der Waals surface area contributed by atoms with E-state index in [2.05, 4.69) is 32.7 Å². The van der Waals surface area contributed by atoms with Crippen molar-refractivity contribution in [3.8, 4) is 0 Å². The van der Waals surface area contributed by atoms with E-state index in [-0.39, 0.29) is 0 Å². The van der Waals surface area contributed by atoms with Crippen LogP contribution in [-0.4, -0.2) is 0 Å². The summed E-state index contributed by atoms with van der Waals surface area (Å²) in [6.07, 6.45) is 3.69. The second-order valence-electron chi connectivity index (χ2n) is 4.63. The third-order valence-corrected chi connectivity index (χ3v) is 5.03. The molecule has 0 radical (unpaired) electrons. The van der Waals surface area contributed by atoms with Crippen LogP contribution in [0.2, 0.25) is 0 Å². The number of nitrogen functional groups attached to an aromatic ring is 1. The van der Waals surface area contributed by atoms with E-state index in [4.69, 9.17) is 5.73 Å². The van der Waals surface area contributed by atoms with Gasteiger partial charge in [-0.1, -0.05) is 0 Å². The summed E-state index contributed by atoms with van der Waals surface area (Å²) < 4.78 is 1.03. The lowest BCUT2D eigenvalue weighted by Crippen LogP contribution is -2.15. The molecule has 94 valence electrons. The lowest BCUT2D eigenvalue weighted by atomic mass is 9.94. The first-order chi connectivity index (χ1) is 8.74. The van der Waals surface area contributed by atoms with E-state index in [0.29, 0.717) is 6.04 Å². The van der Waals surface area contributed by atoms with Gasteiger partial charge in [-0.2, -0.15) is 0 Å². The minimum atomic E-state index is 0.430. The smallest absolute Gasteiger partial charge is 0.0525 e. The van der Waals surface area contributed by atoms with Gasteiger partial charge in [-0.15, -0.1) is 11.3 Å². The van der Waals surface area contributed by atoms with Crippen molar-refractivity contribution in [3.63, 3.8) is 0 Å². The van der Waals surface area contributed by atoms with Crippen LogP contribution in [-0.2, 0) is 6.42 Å². The molecule has 0 saturated carbocycles. The second-order valence-corrected chi connectivity index (χ2v) is 6.48. The Hall–Kier alpha value is -1.00. The number of thiophene rings is 1. The van der Waals surface area contributed by atoms with Gasteiger partial charge in [-0.3, -0.25) is 0 Å². The molecule has 1 heterocycles. The molecule has 1 atom stereocenters. The Morgan fingerprint density at radius 3 is 3.06 bits per heavy atom. The molecule has 0 aliphatic heterocycles. The van der Waals surface area contributed by atoms with Gasteiger partial charge in [0.15, 0.2) is 0 Å². The second kappa shape index (κ2) is 4.94. The van der Waals surface area contributed by atoms with Crippen LogP contribution in [0, 0.1) is 0 Å². The molecule has 0 amide bonds. The lowest BCUT2D eigenvalue weighted by molar-refractivity contribution is 0.608. The van der Waals surface area contributed by atoms with Gasteiger partial charge in [0, 0.05) is 20.7 Å². The van der Waals surface area contributed by atoms with Gasteiger partial charge in [0.05, 0.1) is 6.04 Å². The summed E-state index contributed by atoms with van der Waals surface area (Å²) in [5.74, 6) is 0. The summed E-state index contributed by atoms with van der Waals surface area (Å²) >= 11 is 5.44. The minimum absolute atomic E-state index is 0.430. The van der Waals surface area contributed by atoms with Crippen molar-refractivity contribution in [1.82, 2.24) is 0 Å². The van der Waals surface area contributed by atoms with Crippen molar-refractivity contribution in [2.45, 2.75) is 25.3 Å². The lowest BCUT2D eigenvalue weighted by Gasteiger charge is -2.25. The molecule has 3 rings (SSSR count). The Morgan fingerprint density at radius 2 is 2.22 bits per heavy atom. The average molecular weight is 323 g/mol. The molecule has 0 spiro atoms. The number of benzene rings is 1. The fourth-order valence-electron chi connectivity index (χ4n) is 2.47. The van der Waals surface area contributed by atoms with Gasteiger partial charge >= 0.3 is 0 Å². The van der Waals surface area contributed by atoms with Gasteiger partial charge in [-0.25, -0.2) is 0 Å². The van der Waals surface area contributed by atoms with Crippen LogP contribution < -0.4 is 11.1 Å². The van der Waals surface area contributed by atoms with Crippen LogP contribution in [0.5, 0.6) is 0 Å². The van der Waals surface area contributed by atoms with Crippen molar-refractivity contribution >= 4 is 38.6 Å². The molecular weight excluding hydrogens is 308 g/mol. The van der Waals surface area contributed by atoms with Crippen molar-refractivity contribution in [1.29, 1.82) is 0 Å². The summed E-state index contributed by atoms with van der Waals surface area (Å²) in [6.45, 7) is 0. The Kier molecular flexibility index (Phi) is 3.31. The number of aryl methyl sites for hydroxylation is 1. The third kappa shape index (κ3) is 2.27. The van der Waals surface area contributed by atoms with E-state index in [1.807, 2.05) is 29.5 Å². The zero-order chi connectivity index (χ0) is 12.5. The zero-order valence-electron chi connectivity index (χ0n) is 9.95. The van der Waals surface area contributed by atoms with Crippen molar-refractivity contribution in [2.75, 3.05) is 11.1 Å². The van der Waals surface area contributed by atoms with E-state index >= 15 is 0 Å². The number of halogens is 1. The number of nitrogens with two attached hydrogens (primary N) is 1. The maximum absolute atomic E-state index is 5.76. The van der Waals surface area contributed by atoms with E-state index in [1.54, 1.807) is 0 Å². The predicted octanol–water partition coefficient (Wildman–Crippen LogP) is 4.58. The highest BCUT2D eigenvalue weighted by Gasteiger charge is 2.21. The number of hydrogen-bond donors (Lipinski definition) is 2. The Balaban J connectivity index is 1.86. The number of rotatable bonds is 2. The molecule has 18 heavy (non-hydrogen) atoms. The van der Waals surface area contributed by atoms with E-state index in [9.17, 15) is 0 Å². The highest BCUT2D eigenvalue weighted by Crippen LogP contribution is 2.37. The molecule has 4 heteroatoms. The topological polar surface area (TPSA) is 38.0 Å². The maximum atomic E-state index is 5.76. The molecule has 0 saturated heterocycles. The zero-order valence-corrected chi connectivity index (χ0v) is 12.4. The Labute approximate surface area is 119 Å². The summed E-state index contributed by atoms with van der Waals surface area (Å²) in [7, 11) is 0. The number of fused-ring (bicyclic) bond motifs is 1. The van der Waals surface area contributed by atoms with Crippen LogP contribution in [0.25, 0.3) is 0 Å². The fraction of sp³-hybridized carbons (Fsp3) is 0.286. The molecule has 2 aromatic rings. The van der Waals surface area contributed by atoms with Gasteiger partial charge in [-0.05, 0) is 70.4 Å². The molecular formula is C14H15BrN2S. The number of hydrogen-bond acceptors (Lipinski definition) is 3. The molecule has 1 aliphatic rings. The average Bonchev–Trinajstić information content (AvgIpc) is 2.82. The summed E-state index contributed by atoms with van der Waals surface area (Å²) in [5, 5.41) is 5.82. The fourth-order valence-corrected chi connectivity index (χ4v) is 3.97. The van der Waals surface area contributed by atoms with Crippen molar-refractivity contribution in [3.05, 3.63) is 44.6 Å². The van der Waals surface area contributed by atoms with E-state index in [1.165, 1.54) is 29.7 Å². The number of nitrogens with one attached hydrogen (secondary N) is 1. The first kappa shape index (κ1) is 12.1. The molecule has 1 aromatic heterocycles. The largest absolute Gasteiger partial charge is 0.399 e. The standard InChI is InChI=1S/C14H15BrN2S/c15-11-8-9(16)4-5-13(11)17-12-2-1-3-14-10(12)6-7-18-14/h4-8,12,17H,1-3,16H2. The van der Waals surface area contributed by atoms with E-state index < -0.39 is 0 Å². The molecule has 1 aromatic carbocycles. The summed E-state index contributed by atoms with van der Waals surface area (Å²) in [4.78, 5) is 1.53. The van der Waals surface area contributed by atoms with Crippen LogP contribution in [0.3, 0.4) is 0 Å². The monoisotopic (exact) mass is 322 g/mol. The summed E-state index contributed by atoms with van der Waals surface area (Å²) in [5.41, 5.74) is 9.14. The molecule has 0 bridgehead atoms. The molecule has 2 nitrogen and oxygen atoms in total. The van der Waals surface area contributed by atoms with Crippen LogP contribution >= 0.6 is 27.3 Å². The van der Waals surface area contributed by atoms with E-state index in [0.717, 1.165) is 15.8 Å². The molecule has 3 N–H and O–H groups in total. The minimum Gasteiger partial charge on any atom is -0.399 e. The number of anilines is 2. The third-order valence-electron chi connectivity index (χ3n) is 3.37.